The highest BCUT2D eigenvalue weighted by molar-refractivity contribution is 5.76. The summed E-state index contributed by atoms with van der Waals surface area (Å²) in [5.41, 5.74) is 4.10. The van der Waals surface area contributed by atoms with Gasteiger partial charge in [-0.05, 0) is 44.0 Å². The van der Waals surface area contributed by atoms with Crippen molar-refractivity contribution in [1.29, 1.82) is 0 Å². The Morgan fingerprint density at radius 3 is 2.75 bits per heavy atom. The van der Waals surface area contributed by atoms with Gasteiger partial charge in [-0.1, -0.05) is 12.1 Å². The van der Waals surface area contributed by atoms with Gasteiger partial charge < -0.3 is 9.47 Å². The zero-order chi connectivity index (χ0) is 19.1. The molecule has 0 saturated carbocycles. The van der Waals surface area contributed by atoms with E-state index in [0.29, 0.717) is 0 Å². The molecule has 1 aromatic carbocycles. The average Bonchev–Trinajstić information content (AvgIpc) is 3.33. The molecule has 1 fully saturated rings. The number of aromatic nitrogens is 5. The lowest BCUT2D eigenvalue weighted by atomic mass is 10.2. The minimum absolute atomic E-state index is 0.216. The Morgan fingerprint density at radius 2 is 1.93 bits per heavy atom. The van der Waals surface area contributed by atoms with Crippen LogP contribution in [0.15, 0.2) is 54.9 Å². The van der Waals surface area contributed by atoms with Crippen LogP contribution in [0.1, 0.15) is 30.4 Å². The number of hydrogen-bond donors (Lipinski definition) is 0. The maximum Gasteiger partial charge on any atom is 0.163 e. The monoisotopic (exact) mass is 370 g/mol. The van der Waals surface area contributed by atoms with E-state index in [-0.39, 0.29) is 6.04 Å². The van der Waals surface area contributed by atoms with E-state index in [4.69, 9.17) is 9.97 Å². The molecule has 1 saturated heterocycles. The van der Waals surface area contributed by atoms with Gasteiger partial charge >= 0.3 is 0 Å². The number of nitrogens with zero attached hydrogens (tertiary/aromatic N) is 6. The standard InChI is InChI=1S/C22H22N6/c1-15-13-20(26-21(24-15)16-7-5-11-23-14-16)28-12-6-10-19(28)22-25-17-8-3-4-9-18(17)27(22)2/h3-5,7-9,11,13-14,19H,6,10,12H2,1-2H3/t19-/m0/s1. The minimum atomic E-state index is 0.216. The fourth-order valence-electron chi connectivity index (χ4n) is 4.09. The van der Waals surface area contributed by atoms with E-state index in [0.717, 1.165) is 53.6 Å². The van der Waals surface area contributed by atoms with E-state index in [1.165, 1.54) is 5.52 Å². The van der Waals surface area contributed by atoms with Crippen molar-refractivity contribution < 1.29 is 0 Å². The van der Waals surface area contributed by atoms with Crippen LogP contribution in [0.4, 0.5) is 5.82 Å². The van der Waals surface area contributed by atoms with E-state index in [1.807, 2.05) is 31.3 Å². The van der Waals surface area contributed by atoms with Gasteiger partial charge in [-0.2, -0.15) is 0 Å². The summed E-state index contributed by atoms with van der Waals surface area (Å²) in [5.74, 6) is 2.78. The van der Waals surface area contributed by atoms with Crippen LogP contribution in [0, 0.1) is 6.92 Å². The number of fused-ring (bicyclic) bond motifs is 1. The molecule has 140 valence electrons. The van der Waals surface area contributed by atoms with Gasteiger partial charge in [0.2, 0.25) is 0 Å². The van der Waals surface area contributed by atoms with Crippen LogP contribution < -0.4 is 4.90 Å². The first kappa shape index (κ1) is 16.9. The number of para-hydroxylation sites is 2. The summed E-state index contributed by atoms with van der Waals surface area (Å²) in [6.45, 7) is 2.99. The largest absolute Gasteiger partial charge is 0.346 e. The predicted molar refractivity (Wildman–Crippen MR) is 110 cm³/mol. The molecule has 6 heteroatoms. The first-order valence-electron chi connectivity index (χ1n) is 9.65. The lowest BCUT2D eigenvalue weighted by Gasteiger charge is -2.26. The van der Waals surface area contributed by atoms with Crippen molar-refractivity contribution >= 4 is 16.9 Å². The van der Waals surface area contributed by atoms with Gasteiger partial charge in [0.1, 0.15) is 11.6 Å². The van der Waals surface area contributed by atoms with Crippen LogP contribution in [0.25, 0.3) is 22.4 Å². The zero-order valence-corrected chi connectivity index (χ0v) is 16.1. The van der Waals surface area contributed by atoms with Gasteiger partial charge in [-0.25, -0.2) is 15.0 Å². The molecule has 1 aliphatic heterocycles. The van der Waals surface area contributed by atoms with Crippen molar-refractivity contribution in [2.24, 2.45) is 7.05 Å². The summed E-state index contributed by atoms with van der Waals surface area (Å²) >= 11 is 0. The summed E-state index contributed by atoms with van der Waals surface area (Å²) in [5, 5.41) is 0. The molecule has 6 nitrogen and oxygen atoms in total. The Balaban J connectivity index is 1.57. The molecule has 0 N–H and O–H groups in total. The van der Waals surface area contributed by atoms with Crippen LogP contribution >= 0.6 is 0 Å². The van der Waals surface area contributed by atoms with Gasteiger partial charge in [0, 0.05) is 43.3 Å². The second kappa shape index (κ2) is 6.71. The Bertz CT molecular complexity index is 1130. The average molecular weight is 370 g/mol. The molecule has 5 rings (SSSR count). The molecule has 1 aliphatic rings. The molecule has 4 aromatic rings. The topological polar surface area (TPSA) is 59.7 Å². The molecule has 0 unspecified atom stereocenters. The third kappa shape index (κ3) is 2.81. The van der Waals surface area contributed by atoms with Crippen LogP contribution in [0.5, 0.6) is 0 Å². The first-order valence-corrected chi connectivity index (χ1v) is 9.65. The fraction of sp³-hybridized carbons (Fsp3) is 0.273. The number of hydrogen-bond acceptors (Lipinski definition) is 5. The number of benzene rings is 1. The van der Waals surface area contributed by atoms with E-state index in [1.54, 1.807) is 6.20 Å². The van der Waals surface area contributed by atoms with Gasteiger partial charge in [0.15, 0.2) is 5.82 Å². The number of anilines is 1. The Kier molecular flexibility index (Phi) is 4.04. The highest BCUT2D eigenvalue weighted by Crippen LogP contribution is 2.36. The van der Waals surface area contributed by atoms with E-state index < -0.39 is 0 Å². The molecular weight excluding hydrogens is 348 g/mol. The molecular formula is C22H22N6. The second-order valence-corrected chi connectivity index (χ2v) is 7.30. The Morgan fingerprint density at radius 1 is 1.04 bits per heavy atom. The van der Waals surface area contributed by atoms with E-state index in [2.05, 4.69) is 50.7 Å². The van der Waals surface area contributed by atoms with Gasteiger partial charge in [-0.15, -0.1) is 0 Å². The quantitative estimate of drug-likeness (QED) is 0.544. The normalized spacial score (nSPS) is 16.8. The summed E-state index contributed by atoms with van der Waals surface area (Å²) in [6, 6.07) is 14.5. The summed E-state index contributed by atoms with van der Waals surface area (Å²) < 4.78 is 2.22. The molecule has 28 heavy (non-hydrogen) atoms. The van der Waals surface area contributed by atoms with Crippen molar-refractivity contribution in [3.05, 3.63) is 66.4 Å². The van der Waals surface area contributed by atoms with Gasteiger partial charge in [0.25, 0.3) is 0 Å². The van der Waals surface area contributed by atoms with Crippen molar-refractivity contribution in [2.75, 3.05) is 11.4 Å². The van der Waals surface area contributed by atoms with Crippen molar-refractivity contribution in [1.82, 2.24) is 24.5 Å². The summed E-state index contributed by atoms with van der Waals surface area (Å²) in [7, 11) is 2.10. The van der Waals surface area contributed by atoms with Crippen molar-refractivity contribution in [3.63, 3.8) is 0 Å². The fourth-order valence-corrected chi connectivity index (χ4v) is 4.09. The third-order valence-electron chi connectivity index (χ3n) is 5.43. The van der Waals surface area contributed by atoms with Crippen LogP contribution in [0.3, 0.4) is 0 Å². The molecule has 4 heterocycles. The minimum Gasteiger partial charge on any atom is -0.346 e. The van der Waals surface area contributed by atoms with Crippen LogP contribution in [-0.2, 0) is 7.05 Å². The smallest absolute Gasteiger partial charge is 0.163 e. The molecule has 3 aromatic heterocycles. The SMILES string of the molecule is Cc1cc(N2CCC[C@H]2c2nc3ccccc3n2C)nc(-c2cccnc2)n1. The second-order valence-electron chi connectivity index (χ2n) is 7.30. The first-order chi connectivity index (χ1) is 13.7. The number of imidazole rings is 1. The lowest BCUT2D eigenvalue weighted by Crippen LogP contribution is -2.26. The van der Waals surface area contributed by atoms with Crippen molar-refractivity contribution in [3.8, 4) is 11.4 Å². The van der Waals surface area contributed by atoms with Crippen molar-refractivity contribution in [2.45, 2.75) is 25.8 Å². The highest BCUT2D eigenvalue weighted by Gasteiger charge is 2.31. The number of rotatable bonds is 3. The van der Waals surface area contributed by atoms with Crippen LogP contribution in [-0.4, -0.2) is 31.0 Å². The Labute approximate surface area is 163 Å². The Hall–Kier alpha value is -3.28. The molecule has 0 aliphatic carbocycles. The molecule has 0 spiro atoms. The lowest BCUT2D eigenvalue weighted by molar-refractivity contribution is 0.633. The molecule has 1 atom stereocenters. The highest BCUT2D eigenvalue weighted by atomic mass is 15.3. The third-order valence-corrected chi connectivity index (χ3v) is 5.43. The molecule has 0 radical (unpaired) electrons. The molecule has 0 bridgehead atoms. The zero-order valence-electron chi connectivity index (χ0n) is 16.1. The summed E-state index contributed by atoms with van der Waals surface area (Å²) in [6.07, 6.45) is 5.77. The van der Waals surface area contributed by atoms with Gasteiger partial charge in [0.05, 0.1) is 17.1 Å². The predicted octanol–water partition coefficient (Wildman–Crippen LogP) is 4.08. The maximum atomic E-state index is 4.94. The number of pyridine rings is 1. The van der Waals surface area contributed by atoms with E-state index >= 15 is 0 Å². The van der Waals surface area contributed by atoms with Crippen LogP contribution in [0.2, 0.25) is 0 Å². The maximum absolute atomic E-state index is 4.94. The van der Waals surface area contributed by atoms with Gasteiger partial charge in [-0.3, -0.25) is 4.98 Å². The number of aryl methyl sites for hydroxylation is 2. The summed E-state index contributed by atoms with van der Waals surface area (Å²) in [4.78, 5) is 21.0. The molecule has 0 amide bonds. The van der Waals surface area contributed by atoms with E-state index in [9.17, 15) is 0 Å².